The normalized spacial score (nSPS) is 50.9. The van der Waals surface area contributed by atoms with Crippen molar-refractivity contribution in [2.24, 2.45) is 22.7 Å². The van der Waals surface area contributed by atoms with E-state index < -0.39 is 0 Å². The molecule has 0 radical (unpaired) electrons. The van der Waals surface area contributed by atoms with Gasteiger partial charge in [0.1, 0.15) is 5.78 Å². The van der Waals surface area contributed by atoms with Crippen LogP contribution < -0.4 is 0 Å². The summed E-state index contributed by atoms with van der Waals surface area (Å²) in [5, 5.41) is 0. The molecule has 22 heavy (non-hydrogen) atoms. The van der Waals surface area contributed by atoms with Crippen LogP contribution in [-0.2, 0) is 9.53 Å². The maximum absolute atomic E-state index is 12.4. The largest absolute Gasteiger partial charge is 0.365 e. The average Bonchev–Trinajstić information content (AvgIpc) is 2.35. The summed E-state index contributed by atoms with van der Waals surface area (Å²) in [5.41, 5.74) is -0.0955. The zero-order chi connectivity index (χ0) is 16.4. The van der Waals surface area contributed by atoms with E-state index in [1.807, 2.05) is 6.08 Å². The van der Waals surface area contributed by atoms with Crippen molar-refractivity contribution in [2.75, 3.05) is 0 Å². The Morgan fingerprint density at radius 1 is 1.05 bits per heavy atom. The number of ether oxygens (including phenoxy) is 1. The van der Waals surface area contributed by atoms with E-state index in [0.29, 0.717) is 17.6 Å². The standard InChI is InChI=1S/C20H32O2/c1-7-18(4)10-8-16-19(5)13-14(21)12-17(2,3)15(19)9-11-20(16,6)22-18/h7,15-16H,1,8-13H2,2-6H3/t15-,16-,18-,19-,20+/m0/s1. The molecule has 3 aliphatic rings. The highest BCUT2D eigenvalue weighted by Crippen LogP contribution is 2.64. The number of carbonyl (C=O) groups is 1. The Labute approximate surface area is 135 Å². The summed E-state index contributed by atoms with van der Waals surface area (Å²) in [6, 6.07) is 0. The van der Waals surface area contributed by atoms with E-state index in [-0.39, 0.29) is 22.0 Å². The first-order chi connectivity index (χ1) is 10.0. The van der Waals surface area contributed by atoms with Crippen molar-refractivity contribution in [1.29, 1.82) is 0 Å². The molecule has 5 atom stereocenters. The minimum Gasteiger partial charge on any atom is -0.365 e. The van der Waals surface area contributed by atoms with Crippen LogP contribution in [-0.4, -0.2) is 17.0 Å². The fourth-order valence-electron chi connectivity index (χ4n) is 6.44. The molecule has 1 saturated heterocycles. The molecule has 1 aliphatic heterocycles. The van der Waals surface area contributed by atoms with Crippen LogP contribution in [0.3, 0.4) is 0 Å². The summed E-state index contributed by atoms with van der Waals surface area (Å²) in [6.07, 6.45) is 7.93. The van der Waals surface area contributed by atoms with Gasteiger partial charge in [-0.25, -0.2) is 0 Å². The van der Waals surface area contributed by atoms with Crippen molar-refractivity contribution in [3.8, 4) is 0 Å². The van der Waals surface area contributed by atoms with Gasteiger partial charge in [0.15, 0.2) is 0 Å². The van der Waals surface area contributed by atoms with Gasteiger partial charge >= 0.3 is 0 Å². The molecule has 2 nitrogen and oxygen atoms in total. The predicted molar refractivity (Wildman–Crippen MR) is 89.7 cm³/mol. The highest BCUT2D eigenvalue weighted by atomic mass is 16.5. The molecule has 0 aromatic carbocycles. The number of ketones is 1. The third-order valence-corrected chi connectivity index (χ3v) is 7.26. The Kier molecular flexibility index (Phi) is 3.46. The quantitative estimate of drug-likeness (QED) is 0.643. The second-order valence-corrected chi connectivity index (χ2v) is 9.50. The van der Waals surface area contributed by atoms with E-state index in [2.05, 4.69) is 41.2 Å². The Hall–Kier alpha value is -0.630. The molecule has 0 unspecified atom stereocenters. The van der Waals surface area contributed by atoms with E-state index in [4.69, 9.17) is 4.74 Å². The van der Waals surface area contributed by atoms with Crippen LogP contribution in [0.4, 0.5) is 0 Å². The zero-order valence-electron chi connectivity index (χ0n) is 15.0. The molecular weight excluding hydrogens is 272 g/mol. The van der Waals surface area contributed by atoms with Crippen LogP contribution >= 0.6 is 0 Å². The van der Waals surface area contributed by atoms with Gasteiger partial charge < -0.3 is 4.74 Å². The Morgan fingerprint density at radius 3 is 2.32 bits per heavy atom. The fraction of sp³-hybridized carbons (Fsp3) is 0.850. The third-order valence-electron chi connectivity index (χ3n) is 7.26. The van der Waals surface area contributed by atoms with Gasteiger partial charge in [-0.2, -0.15) is 0 Å². The summed E-state index contributed by atoms with van der Waals surface area (Å²) in [5.74, 6) is 1.56. The summed E-state index contributed by atoms with van der Waals surface area (Å²) in [6.45, 7) is 15.4. The van der Waals surface area contributed by atoms with Gasteiger partial charge in [-0.15, -0.1) is 6.58 Å². The molecule has 1 heterocycles. The first-order valence-corrected chi connectivity index (χ1v) is 8.90. The summed E-state index contributed by atoms with van der Waals surface area (Å²) in [7, 11) is 0. The molecule has 0 aromatic rings. The van der Waals surface area contributed by atoms with E-state index >= 15 is 0 Å². The molecule has 0 spiro atoms. The van der Waals surface area contributed by atoms with Gasteiger partial charge in [0.05, 0.1) is 11.2 Å². The van der Waals surface area contributed by atoms with Crippen molar-refractivity contribution in [1.82, 2.24) is 0 Å². The highest BCUT2D eigenvalue weighted by molar-refractivity contribution is 5.81. The lowest BCUT2D eigenvalue weighted by molar-refractivity contribution is -0.249. The number of fused-ring (bicyclic) bond motifs is 3. The molecule has 2 aliphatic carbocycles. The number of Topliss-reactive ketones (excluding diaryl/α,β-unsaturated/α-hetero) is 1. The van der Waals surface area contributed by atoms with Crippen molar-refractivity contribution < 1.29 is 9.53 Å². The first kappa shape index (κ1) is 16.2. The van der Waals surface area contributed by atoms with E-state index in [1.165, 1.54) is 6.42 Å². The topological polar surface area (TPSA) is 26.3 Å². The second-order valence-electron chi connectivity index (χ2n) is 9.50. The number of carbonyl (C=O) groups excluding carboxylic acids is 1. The van der Waals surface area contributed by atoms with Gasteiger partial charge in [0, 0.05) is 12.8 Å². The second kappa shape index (κ2) is 4.69. The molecule has 124 valence electrons. The van der Waals surface area contributed by atoms with Gasteiger partial charge in [0.25, 0.3) is 0 Å². The van der Waals surface area contributed by atoms with Crippen LogP contribution in [0.5, 0.6) is 0 Å². The lowest BCUT2D eigenvalue weighted by atomic mass is 9.44. The van der Waals surface area contributed by atoms with E-state index in [9.17, 15) is 4.79 Å². The predicted octanol–water partition coefficient (Wildman–Crippen LogP) is 4.92. The van der Waals surface area contributed by atoms with Gasteiger partial charge in [0.2, 0.25) is 0 Å². The molecule has 3 fully saturated rings. The van der Waals surface area contributed by atoms with Crippen LogP contribution in [0, 0.1) is 22.7 Å². The van der Waals surface area contributed by atoms with Crippen molar-refractivity contribution in [3.05, 3.63) is 12.7 Å². The minimum atomic E-state index is -0.206. The maximum atomic E-state index is 12.4. The highest BCUT2D eigenvalue weighted by Gasteiger charge is 2.62. The molecule has 2 heteroatoms. The lowest BCUT2D eigenvalue weighted by Gasteiger charge is -2.64. The summed E-state index contributed by atoms with van der Waals surface area (Å²) < 4.78 is 6.60. The maximum Gasteiger partial charge on any atom is 0.134 e. The first-order valence-electron chi connectivity index (χ1n) is 8.90. The number of rotatable bonds is 1. The van der Waals surface area contributed by atoms with Crippen molar-refractivity contribution >= 4 is 5.78 Å². The molecular formula is C20H32O2. The monoisotopic (exact) mass is 304 g/mol. The van der Waals surface area contributed by atoms with Crippen LogP contribution in [0.15, 0.2) is 12.7 Å². The third kappa shape index (κ3) is 2.21. The molecule has 2 saturated carbocycles. The van der Waals surface area contributed by atoms with Crippen LogP contribution in [0.25, 0.3) is 0 Å². The fourth-order valence-corrected chi connectivity index (χ4v) is 6.44. The van der Waals surface area contributed by atoms with Gasteiger partial charge in [-0.3, -0.25) is 4.79 Å². The molecule has 0 amide bonds. The average molecular weight is 304 g/mol. The SMILES string of the molecule is C=C[C@@]1(C)CC[C@H]2[C@@]3(C)CC(=O)CC(C)(C)[C@@H]3CC[C@@]2(C)O1. The molecule has 0 aromatic heterocycles. The van der Waals surface area contributed by atoms with Crippen molar-refractivity contribution in [2.45, 2.75) is 84.3 Å². The smallest absolute Gasteiger partial charge is 0.134 e. The molecule has 0 N–H and O–H groups in total. The van der Waals surface area contributed by atoms with E-state index in [0.717, 1.165) is 32.1 Å². The van der Waals surface area contributed by atoms with Crippen LogP contribution in [0.2, 0.25) is 0 Å². The Morgan fingerprint density at radius 2 is 1.68 bits per heavy atom. The van der Waals surface area contributed by atoms with Gasteiger partial charge in [-0.1, -0.05) is 26.8 Å². The van der Waals surface area contributed by atoms with Crippen molar-refractivity contribution in [3.63, 3.8) is 0 Å². The zero-order valence-corrected chi connectivity index (χ0v) is 15.0. The Bertz CT molecular complexity index is 508. The number of hydrogen-bond acceptors (Lipinski definition) is 2. The van der Waals surface area contributed by atoms with Gasteiger partial charge in [-0.05, 0) is 62.2 Å². The molecule has 3 rings (SSSR count). The number of hydrogen-bond donors (Lipinski definition) is 0. The summed E-state index contributed by atoms with van der Waals surface area (Å²) >= 11 is 0. The Balaban J connectivity index is 1.98. The molecule has 0 bridgehead atoms. The minimum absolute atomic E-state index is 0.0916. The van der Waals surface area contributed by atoms with Crippen LogP contribution in [0.1, 0.15) is 73.1 Å². The van der Waals surface area contributed by atoms with E-state index in [1.54, 1.807) is 0 Å². The summed E-state index contributed by atoms with van der Waals surface area (Å²) in [4.78, 5) is 12.4. The lowest BCUT2D eigenvalue weighted by Crippen LogP contribution is -2.63.